The number of oxime groups is 1. The predicted octanol–water partition coefficient (Wildman–Crippen LogP) is 8.02. The van der Waals surface area contributed by atoms with E-state index in [-0.39, 0.29) is 40.8 Å². The van der Waals surface area contributed by atoms with Crippen molar-refractivity contribution in [3.05, 3.63) is 183 Å². The number of thiazole rings is 1. The number of ether oxygens (including phenoxy) is 2. The Morgan fingerprint density at radius 1 is 0.906 bits per heavy atom. The topological polar surface area (TPSA) is 157 Å². The maximum Gasteiger partial charge on any atom is 0.436 e. The third-order valence-electron chi connectivity index (χ3n) is 10.3. The smallest absolute Gasteiger partial charge is 0.436 e. The van der Waals surface area contributed by atoms with E-state index in [0.29, 0.717) is 22.5 Å². The first-order valence-corrected chi connectivity index (χ1v) is 21.5. The third kappa shape index (κ3) is 8.87. The number of amides is 2. The van der Waals surface area contributed by atoms with Crippen LogP contribution < -0.4 is 15.4 Å². The standard InChI is InChI=1S/C46H37F3N6O7S2/c1-59-33-21-18-28(19-22-33)25-61-43(58)39-29(20-23-34-24-36(53-62-34)46(47,48)49)26-63-42-38(41(57)55(39)42)51-40(56)37(54-60-2)35-27-64-44(50-35)52-45(30-12-6-3-7-13-30,31-14-8-4-9-15-31)32-16-10-5-11-17-32/h3-24,27,38,42H,25-26H2,1-2H3,(H,50,52)(H,51,56)/b23-20+,54-37-/t38-,42-/m1/s1. The summed E-state index contributed by atoms with van der Waals surface area (Å²) in [7, 11) is 2.80. The van der Waals surface area contributed by atoms with E-state index < -0.39 is 46.6 Å². The van der Waals surface area contributed by atoms with Gasteiger partial charge < -0.3 is 29.5 Å². The highest BCUT2D eigenvalue weighted by Gasteiger charge is 2.54. The van der Waals surface area contributed by atoms with E-state index in [2.05, 4.69) is 20.9 Å². The Kier molecular flexibility index (Phi) is 12.7. The second-order valence-electron chi connectivity index (χ2n) is 14.2. The van der Waals surface area contributed by atoms with Crippen molar-refractivity contribution < 1.29 is 46.4 Å². The van der Waals surface area contributed by atoms with Gasteiger partial charge in [0.2, 0.25) is 0 Å². The van der Waals surface area contributed by atoms with Crippen LogP contribution in [0.2, 0.25) is 0 Å². The number of carbonyl (C=O) groups is 3. The molecule has 0 spiro atoms. The van der Waals surface area contributed by atoms with E-state index in [1.165, 1.54) is 54.4 Å². The summed E-state index contributed by atoms with van der Waals surface area (Å²) in [6, 6.07) is 36.1. The first-order valence-electron chi connectivity index (χ1n) is 19.5. The molecule has 0 bridgehead atoms. The molecule has 2 N–H and O–H groups in total. The van der Waals surface area contributed by atoms with Gasteiger partial charge in [-0.25, -0.2) is 9.78 Å². The van der Waals surface area contributed by atoms with Gasteiger partial charge >= 0.3 is 12.1 Å². The van der Waals surface area contributed by atoms with Gasteiger partial charge in [0.1, 0.15) is 47.8 Å². The average Bonchev–Trinajstić information content (AvgIpc) is 4.01. The number of thioether (sulfide) groups is 1. The second kappa shape index (κ2) is 18.7. The number of hydrogen-bond acceptors (Lipinski definition) is 13. The quantitative estimate of drug-likeness (QED) is 0.0338. The molecule has 0 radical (unpaired) electrons. The molecule has 326 valence electrons. The molecule has 18 heteroatoms. The van der Waals surface area contributed by atoms with Crippen LogP contribution in [0, 0.1) is 0 Å². The Hall–Kier alpha value is -7.18. The fourth-order valence-corrected chi connectivity index (χ4v) is 9.34. The lowest BCUT2D eigenvalue weighted by Crippen LogP contribution is -2.71. The van der Waals surface area contributed by atoms with E-state index in [0.717, 1.165) is 16.7 Å². The van der Waals surface area contributed by atoms with Crippen LogP contribution in [0.3, 0.4) is 0 Å². The maximum atomic E-state index is 14.1. The zero-order valence-electron chi connectivity index (χ0n) is 33.9. The fraction of sp³-hybridized carbons (Fsp3) is 0.174. The highest BCUT2D eigenvalue weighted by molar-refractivity contribution is 8.00. The van der Waals surface area contributed by atoms with Crippen LogP contribution in [0.1, 0.15) is 39.4 Å². The average molecular weight is 907 g/mol. The van der Waals surface area contributed by atoms with E-state index in [1.54, 1.807) is 29.6 Å². The number of rotatable bonds is 15. The molecule has 2 aliphatic rings. The highest BCUT2D eigenvalue weighted by Crippen LogP contribution is 2.43. The summed E-state index contributed by atoms with van der Waals surface area (Å²) in [6.07, 6.45) is -2.15. The molecule has 4 aromatic carbocycles. The molecular weight excluding hydrogens is 870 g/mol. The Labute approximate surface area is 372 Å². The minimum Gasteiger partial charge on any atom is -0.497 e. The van der Waals surface area contributed by atoms with Gasteiger partial charge in [-0.15, -0.1) is 23.1 Å². The Balaban J connectivity index is 1.04. The zero-order chi connectivity index (χ0) is 44.8. The van der Waals surface area contributed by atoms with Gasteiger partial charge in [0.15, 0.2) is 22.3 Å². The summed E-state index contributed by atoms with van der Waals surface area (Å²) >= 11 is 2.47. The van der Waals surface area contributed by atoms with Crippen molar-refractivity contribution in [2.45, 2.75) is 29.7 Å². The minimum atomic E-state index is -4.73. The summed E-state index contributed by atoms with van der Waals surface area (Å²) in [5.41, 5.74) is 1.42. The van der Waals surface area contributed by atoms with Crippen molar-refractivity contribution in [2.24, 2.45) is 5.16 Å². The molecule has 13 nitrogen and oxygen atoms in total. The third-order valence-corrected chi connectivity index (χ3v) is 12.4. The Morgan fingerprint density at radius 3 is 2.09 bits per heavy atom. The van der Waals surface area contributed by atoms with E-state index in [4.69, 9.17) is 23.8 Å². The van der Waals surface area contributed by atoms with Crippen molar-refractivity contribution in [3.8, 4) is 5.75 Å². The summed E-state index contributed by atoms with van der Waals surface area (Å²) in [5, 5.41) is 14.9. The van der Waals surface area contributed by atoms with Crippen LogP contribution in [-0.2, 0) is 42.3 Å². The number of halogens is 3. The number of methoxy groups -OCH3 is 1. The maximum absolute atomic E-state index is 14.1. The van der Waals surface area contributed by atoms with Crippen LogP contribution >= 0.6 is 23.1 Å². The molecule has 8 rings (SSSR count). The van der Waals surface area contributed by atoms with E-state index in [1.807, 2.05) is 91.0 Å². The van der Waals surface area contributed by atoms with Crippen molar-refractivity contribution in [2.75, 3.05) is 25.3 Å². The van der Waals surface area contributed by atoms with Gasteiger partial charge in [-0.05, 0) is 46.0 Å². The second-order valence-corrected chi connectivity index (χ2v) is 16.2. The first kappa shape index (κ1) is 43.5. The van der Waals surface area contributed by atoms with Gasteiger partial charge in [0, 0.05) is 17.2 Å². The van der Waals surface area contributed by atoms with Crippen molar-refractivity contribution in [3.63, 3.8) is 0 Å². The van der Waals surface area contributed by atoms with Gasteiger partial charge in [-0.3, -0.25) is 14.5 Å². The molecule has 0 aliphatic carbocycles. The van der Waals surface area contributed by atoms with Crippen LogP contribution in [-0.4, -0.2) is 69.9 Å². The summed E-state index contributed by atoms with van der Waals surface area (Å²) in [5.74, 6) is -1.79. The van der Waals surface area contributed by atoms with Gasteiger partial charge in [0.25, 0.3) is 11.8 Å². The normalized spacial score (nSPS) is 16.5. The molecule has 2 amide bonds. The number of allylic oxidation sites excluding steroid dienone is 1. The lowest BCUT2D eigenvalue weighted by Gasteiger charge is -2.49. The molecule has 6 aromatic rings. The van der Waals surface area contributed by atoms with Crippen LogP contribution in [0.15, 0.2) is 154 Å². The largest absolute Gasteiger partial charge is 0.497 e. The first-order chi connectivity index (χ1) is 31.0. The monoisotopic (exact) mass is 906 g/mol. The van der Waals surface area contributed by atoms with Gasteiger partial charge in [-0.2, -0.15) is 13.2 Å². The summed E-state index contributed by atoms with van der Waals surface area (Å²) < 4.78 is 55.3. The number of anilines is 1. The molecule has 0 saturated carbocycles. The molecule has 4 heterocycles. The van der Waals surface area contributed by atoms with Gasteiger partial charge in [-0.1, -0.05) is 120 Å². The lowest BCUT2D eigenvalue weighted by atomic mass is 9.77. The number of fused-ring (bicyclic) bond motifs is 1. The Morgan fingerprint density at radius 2 is 1.53 bits per heavy atom. The number of β-lactam (4-membered cyclic amide) rings is 1. The van der Waals surface area contributed by atoms with E-state index in [9.17, 15) is 27.6 Å². The summed E-state index contributed by atoms with van der Waals surface area (Å²) in [4.78, 5) is 52.9. The zero-order valence-corrected chi connectivity index (χ0v) is 35.6. The van der Waals surface area contributed by atoms with Gasteiger partial charge in [0.05, 0.1) is 7.11 Å². The fourth-order valence-electron chi connectivity index (χ4n) is 7.27. The summed E-state index contributed by atoms with van der Waals surface area (Å²) in [6.45, 7) is -0.162. The molecule has 0 unspecified atom stereocenters. The number of hydrogen-bond donors (Lipinski definition) is 2. The minimum absolute atomic E-state index is 0.108. The number of nitrogens with zero attached hydrogens (tertiary/aromatic N) is 4. The van der Waals surface area contributed by atoms with Crippen molar-refractivity contribution >= 4 is 57.8 Å². The van der Waals surface area contributed by atoms with Crippen LogP contribution in [0.5, 0.6) is 5.75 Å². The molecule has 2 aliphatic heterocycles. The van der Waals surface area contributed by atoms with Crippen molar-refractivity contribution in [1.29, 1.82) is 0 Å². The number of nitrogens with one attached hydrogen (secondary N) is 2. The molecule has 1 saturated heterocycles. The molecule has 2 atom stereocenters. The van der Waals surface area contributed by atoms with Crippen LogP contribution in [0.4, 0.5) is 18.3 Å². The molecule has 2 aromatic heterocycles. The molecule has 64 heavy (non-hydrogen) atoms. The predicted molar refractivity (Wildman–Crippen MR) is 234 cm³/mol. The number of alkyl halides is 3. The van der Waals surface area contributed by atoms with E-state index >= 15 is 0 Å². The number of carbonyl (C=O) groups excluding carboxylic acids is 3. The SMILES string of the molecule is CO/N=C(\C(=O)N[C@@H]1C(=O)N2C(C(=O)OCc3ccc(OC)cc3)=C(/C=C/c3cc(C(F)(F)F)no3)CS[C@H]12)c1csc(NC(c2ccccc2)(c2ccccc2)c2ccccc2)n1. The number of benzene rings is 4. The number of aromatic nitrogens is 2. The van der Waals surface area contributed by atoms with Crippen molar-refractivity contribution in [1.82, 2.24) is 20.4 Å². The molecule has 1 fully saturated rings. The lowest BCUT2D eigenvalue weighted by molar-refractivity contribution is -0.153. The molecular formula is C46H37F3N6O7S2. The van der Waals surface area contributed by atoms with Crippen LogP contribution in [0.25, 0.3) is 6.08 Å². The highest BCUT2D eigenvalue weighted by atomic mass is 32.2. The number of esters is 1. The Bertz CT molecular complexity index is 2630.